The summed E-state index contributed by atoms with van der Waals surface area (Å²) in [5.74, 6) is 0.940. The summed E-state index contributed by atoms with van der Waals surface area (Å²) in [6.45, 7) is 7.87. The molecule has 4 nitrogen and oxygen atoms in total. The van der Waals surface area contributed by atoms with Crippen LogP contribution >= 0.6 is 0 Å². The third-order valence-corrected chi connectivity index (χ3v) is 4.60. The van der Waals surface area contributed by atoms with Crippen LogP contribution in [-0.4, -0.2) is 35.9 Å². The van der Waals surface area contributed by atoms with Crippen LogP contribution in [0.4, 0.5) is 0 Å². The lowest BCUT2D eigenvalue weighted by Crippen LogP contribution is -2.23. The Hall–Kier alpha value is -1.65. The van der Waals surface area contributed by atoms with Gasteiger partial charge in [0.05, 0.1) is 11.8 Å². The molecule has 124 valence electrons. The summed E-state index contributed by atoms with van der Waals surface area (Å²) in [7, 11) is 0. The first-order valence-electron chi connectivity index (χ1n) is 8.52. The Morgan fingerprint density at radius 2 is 2.09 bits per heavy atom. The summed E-state index contributed by atoms with van der Waals surface area (Å²) in [5.41, 5.74) is 3.63. The van der Waals surface area contributed by atoms with Crippen molar-refractivity contribution >= 4 is 0 Å². The second kappa shape index (κ2) is 7.75. The van der Waals surface area contributed by atoms with E-state index in [1.54, 1.807) is 0 Å². The lowest BCUT2D eigenvalue weighted by Gasteiger charge is -2.16. The smallest absolute Gasteiger partial charge is 0.138 e. The number of aryl methyl sites for hydroxylation is 3. The fraction of sp³-hybridized carbons (Fsp3) is 0.526. The van der Waals surface area contributed by atoms with Crippen LogP contribution in [-0.2, 0) is 17.7 Å². The van der Waals surface area contributed by atoms with E-state index in [0.29, 0.717) is 6.10 Å². The molecule has 3 rings (SSSR count). The predicted octanol–water partition coefficient (Wildman–Crippen LogP) is 3.52. The molecule has 1 atom stereocenters. The van der Waals surface area contributed by atoms with Crippen LogP contribution in [0.25, 0.3) is 0 Å². The van der Waals surface area contributed by atoms with Crippen molar-refractivity contribution in [1.82, 2.24) is 10.1 Å². The van der Waals surface area contributed by atoms with Gasteiger partial charge in [-0.2, -0.15) is 0 Å². The highest BCUT2D eigenvalue weighted by atomic mass is 16.5. The van der Waals surface area contributed by atoms with E-state index in [0.717, 1.165) is 57.0 Å². The zero-order chi connectivity index (χ0) is 16.1. The van der Waals surface area contributed by atoms with Crippen molar-refractivity contribution in [2.75, 3.05) is 19.7 Å². The first kappa shape index (κ1) is 16.2. The van der Waals surface area contributed by atoms with E-state index in [1.165, 1.54) is 11.1 Å². The third kappa shape index (κ3) is 4.43. The Morgan fingerprint density at radius 3 is 2.83 bits per heavy atom. The Labute approximate surface area is 138 Å². The van der Waals surface area contributed by atoms with Gasteiger partial charge in [0.15, 0.2) is 0 Å². The number of aromatic nitrogens is 1. The molecule has 1 aromatic carbocycles. The largest absolute Gasteiger partial charge is 0.377 e. The van der Waals surface area contributed by atoms with E-state index in [1.807, 2.05) is 13.8 Å². The lowest BCUT2D eigenvalue weighted by molar-refractivity contribution is 0.0570. The van der Waals surface area contributed by atoms with Gasteiger partial charge < -0.3 is 9.26 Å². The SMILES string of the molecule is Cc1noc(C)c1CN1CCC(OCCCc2ccccc2)C1. The molecule has 2 heterocycles. The molecule has 1 saturated heterocycles. The molecular formula is C19H26N2O2. The van der Waals surface area contributed by atoms with Crippen molar-refractivity contribution in [3.05, 3.63) is 52.9 Å². The Morgan fingerprint density at radius 1 is 1.26 bits per heavy atom. The normalized spacial score (nSPS) is 18.6. The lowest BCUT2D eigenvalue weighted by atomic mass is 10.1. The minimum atomic E-state index is 0.367. The number of nitrogens with zero attached hydrogens (tertiary/aromatic N) is 2. The Bertz CT molecular complexity index is 590. The average Bonchev–Trinajstić information content (AvgIpc) is 3.14. The van der Waals surface area contributed by atoms with E-state index in [-0.39, 0.29) is 0 Å². The van der Waals surface area contributed by atoms with Crippen molar-refractivity contribution < 1.29 is 9.26 Å². The molecule has 0 aliphatic carbocycles. The molecule has 1 fully saturated rings. The first-order chi connectivity index (χ1) is 11.2. The van der Waals surface area contributed by atoms with Crippen molar-refractivity contribution in [2.45, 2.75) is 45.8 Å². The molecule has 1 aromatic heterocycles. The molecule has 0 N–H and O–H groups in total. The van der Waals surface area contributed by atoms with Crippen LogP contribution in [0.1, 0.15) is 35.4 Å². The van der Waals surface area contributed by atoms with Crippen molar-refractivity contribution in [1.29, 1.82) is 0 Å². The summed E-state index contributed by atoms with van der Waals surface area (Å²) in [6, 6.07) is 10.6. The summed E-state index contributed by atoms with van der Waals surface area (Å²) >= 11 is 0. The number of benzene rings is 1. The number of hydrogen-bond acceptors (Lipinski definition) is 4. The number of hydrogen-bond donors (Lipinski definition) is 0. The molecule has 0 bridgehead atoms. The molecule has 0 saturated carbocycles. The summed E-state index contributed by atoms with van der Waals surface area (Å²) in [5, 5.41) is 4.03. The van der Waals surface area contributed by atoms with Gasteiger partial charge in [0.2, 0.25) is 0 Å². The van der Waals surface area contributed by atoms with E-state index in [2.05, 4.69) is 40.4 Å². The maximum absolute atomic E-state index is 6.05. The molecule has 4 heteroatoms. The van der Waals surface area contributed by atoms with E-state index in [4.69, 9.17) is 9.26 Å². The van der Waals surface area contributed by atoms with Gasteiger partial charge in [-0.1, -0.05) is 35.5 Å². The molecule has 23 heavy (non-hydrogen) atoms. The van der Waals surface area contributed by atoms with Gasteiger partial charge in [0.25, 0.3) is 0 Å². The standard InChI is InChI=1S/C19H26N2O2/c1-15-19(16(2)23-20-15)14-21-11-10-18(13-21)22-12-6-9-17-7-4-3-5-8-17/h3-5,7-8,18H,6,9-14H2,1-2H3. The second-order valence-corrected chi connectivity index (χ2v) is 6.41. The minimum Gasteiger partial charge on any atom is -0.377 e. The Kier molecular flexibility index (Phi) is 5.47. The monoisotopic (exact) mass is 314 g/mol. The molecule has 2 aromatic rings. The van der Waals surface area contributed by atoms with Gasteiger partial charge >= 0.3 is 0 Å². The summed E-state index contributed by atoms with van der Waals surface area (Å²) < 4.78 is 11.3. The first-order valence-corrected chi connectivity index (χ1v) is 8.52. The van der Waals surface area contributed by atoms with Crippen LogP contribution in [0.3, 0.4) is 0 Å². The van der Waals surface area contributed by atoms with Crippen LogP contribution < -0.4 is 0 Å². The molecule has 1 aliphatic heterocycles. The summed E-state index contributed by atoms with van der Waals surface area (Å²) in [4.78, 5) is 2.44. The van der Waals surface area contributed by atoms with Crippen molar-refractivity contribution in [2.24, 2.45) is 0 Å². The van der Waals surface area contributed by atoms with Gasteiger partial charge in [-0.05, 0) is 38.7 Å². The van der Waals surface area contributed by atoms with E-state index >= 15 is 0 Å². The minimum absolute atomic E-state index is 0.367. The number of likely N-dealkylation sites (tertiary alicyclic amines) is 1. The van der Waals surface area contributed by atoms with Crippen LogP contribution in [0, 0.1) is 13.8 Å². The van der Waals surface area contributed by atoms with Crippen molar-refractivity contribution in [3.63, 3.8) is 0 Å². The zero-order valence-electron chi connectivity index (χ0n) is 14.1. The van der Waals surface area contributed by atoms with Crippen LogP contribution in [0.2, 0.25) is 0 Å². The summed E-state index contributed by atoms with van der Waals surface area (Å²) in [6.07, 6.45) is 3.67. The molecule has 1 unspecified atom stereocenters. The highest BCUT2D eigenvalue weighted by molar-refractivity contribution is 5.20. The van der Waals surface area contributed by atoms with Gasteiger partial charge in [0, 0.05) is 31.8 Å². The molecule has 1 aliphatic rings. The van der Waals surface area contributed by atoms with Crippen LogP contribution in [0.15, 0.2) is 34.9 Å². The third-order valence-electron chi connectivity index (χ3n) is 4.60. The predicted molar refractivity (Wildman–Crippen MR) is 90.4 cm³/mol. The fourth-order valence-corrected chi connectivity index (χ4v) is 3.20. The highest BCUT2D eigenvalue weighted by Gasteiger charge is 2.24. The van der Waals surface area contributed by atoms with Crippen LogP contribution in [0.5, 0.6) is 0 Å². The van der Waals surface area contributed by atoms with Gasteiger partial charge in [0.1, 0.15) is 5.76 Å². The van der Waals surface area contributed by atoms with Gasteiger partial charge in [-0.15, -0.1) is 0 Å². The molecule has 0 spiro atoms. The van der Waals surface area contributed by atoms with Crippen molar-refractivity contribution in [3.8, 4) is 0 Å². The molecule has 0 radical (unpaired) electrons. The maximum Gasteiger partial charge on any atom is 0.138 e. The van der Waals surface area contributed by atoms with Gasteiger partial charge in [-0.25, -0.2) is 0 Å². The molecule has 0 amide bonds. The number of rotatable bonds is 7. The quantitative estimate of drug-likeness (QED) is 0.733. The molecular weight excluding hydrogens is 288 g/mol. The maximum atomic E-state index is 6.05. The van der Waals surface area contributed by atoms with Gasteiger partial charge in [-0.3, -0.25) is 4.90 Å². The van der Waals surface area contributed by atoms with E-state index in [9.17, 15) is 0 Å². The topological polar surface area (TPSA) is 38.5 Å². The average molecular weight is 314 g/mol. The number of ether oxygens (including phenoxy) is 1. The highest BCUT2D eigenvalue weighted by Crippen LogP contribution is 2.20. The fourth-order valence-electron chi connectivity index (χ4n) is 3.20. The Balaban J connectivity index is 1.37. The van der Waals surface area contributed by atoms with E-state index < -0.39 is 0 Å². The second-order valence-electron chi connectivity index (χ2n) is 6.41. The zero-order valence-corrected chi connectivity index (χ0v) is 14.1.